The van der Waals surface area contributed by atoms with Crippen LogP contribution in [0.25, 0.3) is 11.5 Å². The number of hydrogen-bond donors (Lipinski definition) is 1. The summed E-state index contributed by atoms with van der Waals surface area (Å²) in [5, 5.41) is 14.9. The van der Waals surface area contributed by atoms with Gasteiger partial charge in [0.25, 0.3) is 11.6 Å². The van der Waals surface area contributed by atoms with Gasteiger partial charge in [-0.3, -0.25) is 10.1 Å². The highest BCUT2D eigenvalue weighted by Crippen LogP contribution is 2.31. The van der Waals surface area contributed by atoms with Crippen LogP contribution in [-0.2, 0) is 4.74 Å². The minimum absolute atomic E-state index is 0.0800. The quantitative estimate of drug-likeness (QED) is 0.638. The Labute approximate surface area is 121 Å². The maximum absolute atomic E-state index is 11.1. The van der Waals surface area contributed by atoms with E-state index in [2.05, 4.69) is 10.1 Å². The predicted octanol–water partition coefficient (Wildman–Crippen LogP) is 1.99. The van der Waals surface area contributed by atoms with Gasteiger partial charge in [-0.2, -0.15) is 4.98 Å². The molecule has 0 amide bonds. The number of rotatable bonds is 6. The number of aromatic nitrogens is 2. The van der Waals surface area contributed by atoms with Crippen molar-refractivity contribution in [2.24, 2.45) is 5.73 Å². The number of nitro groups is 1. The molecule has 1 atom stereocenters. The van der Waals surface area contributed by atoms with Gasteiger partial charge in [0, 0.05) is 12.7 Å². The molecule has 112 valence electrons. The summed E-state index contributed by atoms with van der Waals surface area (Å²) in [4.78, 5) is 14.8. The smallest absolute Gasteiger partial charge is 0.282 e. The lowest BCUT2D eigenvalue weighted by atomic mass is 10.1. The van der Waals surface area contributed by atoms with E-state index in [-0.39, 0.29) is 24.0 Å². The number of nitrogens with zero attached hydrogens (tertiary/aromatic N) is 3. The molecule has 0 aliphatic heterocycles. The predicted molar refractivity (Wildman–Crippen MR) is 74.5 cm³/mol. The van der Waals surface area contributed by atoms with E-state index in [9.17, 15) is 10.1 Å². The number of benzene rings is 1. The highest BCUT2D eigenvalue weighted by atomic mass is 16.6. The van der Waals surface area contributed by atoms with Crippen LogP contribution < -0.4 is 5.73 Å². The van der Waals surface area contributed by atoms with Crippen LogP contribution in [0.5, 0.6) is 0 Å². The second-order valence-electron chi connectivity index (χ2n) is 4.45. The highest BCUT2D eigenvalue weighted by Gasteiger charge is 2.24. The average Bonchev–Trinajstić information content (AvgIpc) is 2.93. The van der Waals surface area contributed by atoms with Crippen molar-refractivity contribution >= 4 is 5.69 Å². The maximum atomic E-state index is 11.1. The van der Waals surface area contributed by atoms with E-state index in [1.54, 1.807) is 19.1 Å². The molecule has 1 aromatic heterocycles. The highest BCUT2D eigenvalue weighted by molar-refractivity contribution is 5.70. The number of hydrogen-bond acceptors (Lipinski definition) is 7. The molecule has 2 rings (SSSR count). The van der Waals surface area contributed by atoms with Gasteiger partial charge in [-0.15, -0.1) is 0 Å². The average molecular weight is 292 g/mol. The van der Waals surface area contributed by atoms with Gasteiger partial charge in [0.15, 0.2) is 5.82 Å². The molecule has 0 spiro atoms. The van der Waals surface area contributed by atoms with Gasteiger partial charge in [-0.1, -0.05) is 17.3 Å². The van der Waals surface area contributed by atoms with Crippen LogP contribution in [0.2, 0.25) is 0 Å². The molecule has 0 radical (unpaired) electrons. The lowest BCUT2D eigenvalue weighted by molar-refractivity contribution is -0.384. The first kappa shape index (κ1) is 15.1. The zero-order valence-corrected chi connectivity index (χ0v) is 11.8. The lowest BCUT2D eigenvalue weighted by Crippen LogP contribution is -2.18. The van der Waals surface area contributed by atoms with Crippen molar-refractivity contribution in [3.05, 3.63) is 39.7 Å². The third kappa shape index (κ3) is 3.23. The number of ether oxygens (including phenoxy) is 1. The molecule has 8 heteroatoms. The SMILES string of the molecule is CCOCC(N)c1noc(-c2c(C)cccc2[N+](=O)[O-])n1. The van der Waals surface area contributed by atoms with Crippen LogP contribution in [0.1, 0.15) is 24.4 Å². The minimum Gasteiger partial charge on any atom is -0.380 e. The lowest BCUT2D eigenvalue weighted by Gasteiger charge is -2.05. The minimum atomic E-state index is -0.537. The van der Waals surface area contributed by atoms with Gasteiger partial charge >= 0.3 is 0 Å². The van der Waals surface area contributed by atoms with Crippen molar-refractivity contribution in [2.75, 3.05) is 13.2 Å². The van der Waals surface area contributed by atoms with E-state index >= 15 is 0 Å². The Morgan fingerprint density at radius 1 is 1.52 bits per heavy atom. The molecule has 0 saturated carbocycles. The molecule has 1 unspecified atom stereocenters. The monoisotopic (exact) mass is 292 g/mol. The fraction of sp³-hybridized carbons (Fsp3) is 0.385. The fourth-order valence-electron chi connectivity index (χ4n) is 1.89. The molecule has 2 aromatic rings. The van der Waals surface area contributed by atoms with Gasteiger partial charge in [-0.25, -0.2) is 0 Å². The van der Waals surface area contributed by atoms with E-state index in [1.807, 2.05) is 6.92 Å². The van der Waals surface area contributed by atoms with Crippen LogP contribution in [0.4, 0.5) is 5.69 Å². The van der Waals surface area contributed by atoms with Crippen LogP contribution in [0, 0.1) is 17.0 Å². The van der Waals surface area contributed by atoms with Crippen molar-refractivity contribution in [1.82, 2.24) is 10.1 Å². The van der Waals surface area contributed by atoms with Gasteiger partial charge in [0.2, 0.25) is 0 Å². The van der Waals surface area contributed by atoms with Crippen LogP contribution in [0.3, 0.4) is 0 Å². The van der Waals surface area contributed by atoms with Crippen molar-refractivity contribution in [3.8, 4) is 11.5 Å². The van der Waals surface area contributed by atoms with Gasteiger partial charge in [0.1, 0.15) is 5.56 Å². The molecular weight excluding hydrogens is 276 g/mol. The fourth-order valence-corrected chi connectivity index (χ4v) is 1.89. The Balaban J connectivity index is 2.36. The Bertz CT molecular complexity index is 641. The summed E-state index contributed by atoms with van der Waals surface area (Å²) >= 11 is 0. The Kier molecular flexibility index (Phi) is 4.61. The first-order valence-corrected chi connectivity index (χ1v) is 6.46. The topological polar surface area (TPSA) is 117 Å². The Morgan fingerprint density at radius 2 is 2.29 bits per heavy atom. The van der Waals surface area contributed by atoms with Gasteiger partial charge in [-0.05, 0) is 19.4 Å². The largest absolute Gasteiger partial charge is 0.380 e. The first-order chi connectivity index (χ1) is 10.0. The number of nitrogens with two attached hydrogens (primary N) is 1. The van der Waals surface area contributed by atoms with E-state index < -0.39 is 11.0 Å². The van der Waals surface area contributed by atoms with Crippen LogP contribution in [0.15, 0.2) is 22.7 Å². The summed E-state index contributed by atoms with van der Waals surface area (Å²) in [5.74, 6) is 0.345. The van der Waals surface area contributed by atoms with Crippen molar-refractivity contribution in [3.63, 3.8) is 0 Å². The molecule has 2 N–H and O–H groups in total. The van der Waals surface area contributed by atoms with E-state index in [1.165, 1.54) is 6.07 Å². The van der Waals surface area contributed by atoms with E-state index in [0.29, 0.717) is 17.7 Å². The molecule has 1 aromatic carbocycles. The Morgan fingerprint density at radius 3 is 2.95 bits per heavy atom. The molecule has 0 fully saturated rings. The van der Waals surface area contributed by atoms with E-state index in [4.69, 9.17) is 15.0 Å². The van der Waals surface area contributed by atoms with Crippen molar-refractivity contribution < 1.29 is 14.2 Å². The number of nitro benzene ring substituents is 1. The third-order valence-electron chi connectivity index (χ3n) is 2.94. The molecule has 8 nitrogen and oxygen atoms in total. The second-order valence-corrected chi connectivity index (χ2v) is 4.45. The Hall–Kier alpha value is -2.32. The number of aryl methyl sites for hydroxylation is 1. The normalized spacial score (nSPS) is 12.3. The summed E-state index contributed by atoms with van der Waals surface area (Å²) in [7, 11) is 0. The summed E-state index contributed by atoms with van der Waals surface area (Å²) < 4.78 is 10.3. The van der Waals surface area contributed by atoms with Crippen molar-refractivity contribution in [1.29, 1.82) is 0 Å². The molecule has 1 heterocycles. The first-order valence-electron chi connectivity index (χ1n) is 6.46. The van der Waals surface area contributed by atoms with Crippen LogP contribution >= 0.6 is 0 Å². The second kappa shape index (κ2) is 6.42. The summed E-state index contributed by atoms with van der Waals surface area (Å²) in [5.41, 5.74) is 6.77. The zero-order valence-electron chi connectivity index (χ0n) is 11.8. The molecule has 0 bridgehead atoms. The molecular formula is C13H16N4O4. The van der Waals surface area contributed by atoms with E-state index in [0.717, 1.165) is 0 Å². The maximum Gasteiger partial charge on any atom is 0.282 e. The summed E-state index contributed by atoms with van der Waals surface area (Å²) in [6, 6.07) is 4.21. The molecule has 0 saturated heterocycles. The zero-order chi connectivity index (χ0) is 15.4. The third-order valence-corrected chi connectivity index (χ3v) is 2.94. The molecule has 0 aliphatic carbocycles. The summed E-state index contributed by atoms with van der Waals surface area (Å²) in [6.45, 7) is 4.38. The van der Waals surface area contributed by atoms with Gasteiger partial charge < -0.3 is 15.0 Å². The van der Waals surface area contributed by atoms with Gasteiger partial charge in [0.05, 0.1) is 17.6 Å². The molecule has 0 aliphatic rings. The molecule has 21 heavy (non-hydrogen) atoms. The van der Waals surface area contributed by atoms with Crippen LogP contribution in [-0.4, -0.2) is 28.3 Å². The van der Waals surface area contributed by atoms with Crippen molar-refractivity contribution in [2.45, 2.75) is 19.9 Å². The summed E-state index contributed by atoms with van der Waals surface area (Å²) in [6.07, 6.45) is 0. The standard InChI is InChI=1S/C13H16N4O4/c1-3-20-7-9(14)12-15-13(21-16-12)11-8(2)5-4-6-10(11)17(18)19/h4-6,9H,3,7,14H2,1-2H3.